The van der Waals surface area contributed by atoms with Crippen molar-refractivity contribution in [3.8, 4) is 0 Å². The van der Waals surface area contributed by atoms with Crippen molar-refractivity contribution in [2.45, 2.75) is 38.6 Å². The van der Waals surface area contributed by atoms with E-state index in [1.54, 1.807) is 0 Å². The van der Waals surface area contributed by atoms with E-state index in [0.717, 1.165) is 19.0 Å². The van der Waals surface area contributed by atoms with Crippen LogP contribution in [0.5, 0.6) is 0 Å². The maximum Gasteiger partial charge on any atom is 0.255 e. The van der Waals surface area contributed by atoms with Gasteiger partial charge in [-0.3, -0.25) is 9.78 Å². The molecule has 1 N–H and O–H groups in total. The van der Waals surface area contributed by atoms with Crippen LogP contribution in [0.4, 0.5) is 4.39 Å². The molecule has 7 nitrogen and oxygen atoms in total. The summed E-state index contributed by atoms with van der Waals surface area (Å²) in [4.78, 5) is 20.6. The molecular formula is C17H21FN4O3. The quantitative estimate of drug-likeness (QED) is 0.893. The molecule has 1 fully saturated rings. The van der Waals surface area contributed by atoms with Gasteiger partial charge < -0.3 is 14.6 Å². The zero-order valence-electron chi connectivity index (χ0n) is 14.2. The maximum absolute atomic E-state index is 13.9. The number of nitrogens with one attached hydrogen (secondary N) is 1. The molecule has 0 aliphatic carbocycles. The Kier molecular flexibility index (Phi) is 5.37. The van der Waals surface area contributed by atoms with E-state index in [1.165, 1.54) is 12.3 Å². The summed E-state index contributed by atoms with van der Waals surface area (Å²) in [5.74, 6) is -0.0705. The average Bonchev–Trinajstić information content (AvgIpc) is 3.11. The first-order chi connectivity index (χ1) is 12.1. The number of rotatable bonds is 5. The minimum absolute atomic E-state index is 0.0596. The topological polar surface area (TPSA) is 90.1 Å². The van der Waals surface area contributed by atoms with Crippen LogP contribution in [-0.4, -0.2) is 34.2 Å². The molecule has 2 aromatic heterocycles. The van der Waals surface area contributed by atoms with Crippen LogP contribution in [0.2, 0.25) is 0 Å². The second-order valence-electron chi connectivity index (χ2n) is 6.40. The highest BCUT2D eigenvalue weighted by atomic mass is 19.1. The number of hydrogen-bond donors (Lipinski definition) is 1. The largest absolute Gasteiger partial charge is 0.381 e. The van der Waals surface area contributed by atoms with Crippen LogP contribution < -0.4 is 5.32 Å². The average molecular weight is 348 g/mol. The van der Waals surface area contributed by atoms with Crippen LogP contribution in [0.15, 0.2) is 23.0 Å². The van der Waals surface area contributed by atoms with Crippen molar-refractivity contribution < 1.29 is 18.4 Å². The number of amides is 1. The molecule has 0 unspecified atom stereocenters. The molecule has 0 bridgehead atoms. The number of halogens is 1. The Morgan fingerprint density at radius 3 is 2.76 bits per heavy atom. The zero-order chi connectivity index (χ0) is 17.8. The number of nitrogens with zero attached hydrogens (tertiary/aromatic N) is 3. The van der Waals surface area contributed by atoms with E-state index in [4.69, 9.17) is 9.26 Å². The molecule has 134 valence electrons. The smallest absolute Gasteiger partial charge is 0.255 e. The Labute approximate surface area is 145 Å². The summed E-state index contributed by atoms with van der Waals surface area (Å²) in [6, 6.07) is 0.864. The Balaban J connectivity index is 1.85. The van der Waals surface area contributed by atoms with Gasteiger partial charge in [0.1, 0.15) is 6.04 Å². The first-order valence-corrected chi connectivity index (χ1v) is 8.38. The van der Waals surface area contributed by atoms with E-state index >= 15 is 0 Å². The van der Waals surface area contributed by atoms with Gasteiger partial charge in [-0.05, 0) is 24.8 Å². The Morgan fingerprint density at radius 2 is 2.12 bits per heavy atom. The molecular weight excluding hydrogens is 327 g/mol. The summed E-state index contributed by atoms with van der Waals surface area (Å²) in [5.41, 5.74) is -0.0596. The fourth-order valence-electron chi connectivity index (χ4n) is 2.82. The van der Waals surface area contributed by atoms with Crippen LogP contribution in [0.3, 0.4) is 0 Å². The predicted octanol–water partition coefficient (Wildman–Crippen LogP) is 2.62. The Bertz CT molecular complexity index is 728. The first kappa shape index (κ1) is 17.5. The van der Waals surface area contributed by atoms with Gasteiger partial charge in [-0.25, -0.2) is 4.39 Å². The van der Waals surface area contributed by atoms with E-state index in [-0.39, 0.29) is 17.4 Å². The number of hydrogen-bond acceptors (Lipinski definition) is 6. The normalized spacial score (nSPS) is 16.8. The summed E-state index contributed by atoms with van der Waals surface area (Å²) >= 11 is 0. The number of pyridine rings is 1. The maximum atomic E-state index is 13.9. The standard InChI is InChI=1S/C17H21FN4O3/c1-10(2)15-21-17(25-22-15)14(11-4-7-24-8-5-11)20-16(23)12-3-6-19-9-13(12)18/h3,6,9-11,14H,4-5,7-8H2,1-2H3,(H,20,23)/t14-/m0/s1. The number of carbonyl (C=O) groups is 1. The third-order valence-electron chi connectivity index (χ3n) is 4.28. The summed E-state index contributed by atoms with van der Waals surface area (Å²) in [6.07, 6.45) is 3.90. The van der Waals surface area contributed by atoms with Gasteiger partial charge in [0.2, 0.25) is 5.89 Å². The van der Waals surface area contributed by atoms with Crippen molar-refractivity contribution in [3.63, 3.8) is 0 Å². The number of aromatic nitrogens is 3. The highest BCUT2D eigenvalue weighted by Gasteiger charge is 2.32. The van der Waals surface area contributed by atoms with Gasteiger partial charge in [0.25, 0.3) is 5.91 Å². The fraction of sp³-hybridized carbons (Fsp3) is 0.529. The van der Waals surface area contributed by atoms with Crippen LogP contribution in [0.1, 0.15) is 60.7 Å². The second-order valence-corrected chi connectivity index (χ2v) is 6.40. The van der Waals surface area contributed by atoms with Gasteiger partial charge in [0.15, 0.2) is 11.6 Å². The van der Waals surface area contributed by atoms with Gasteiger partial charge in [-0.2, -0.15) is 4.98 Å². The zero-order valence-corrected chi connectivity index (χ0v) is 14.2. The van der Waals surface area contributed by atoms with Gasteiger partial charge in [0, 0.05) is 25.3 Å². The van der Waals surface area contributed by atoms with Crippen molar-refractivity contribution in [2.24, 2.45) is 5.92 Å². The minimum Gasteiger partial charge on any atom is -0.381 e. The SMILES string of the molecule is CC(C)c1noc([C@@H](NC(=O)c2ccncc2F)C2CCOCC2)n1. The van der Waals surface area contributed by atoms with Gasteiger partial charge in [0.05, 0.1) is 11.8 Å². The summed E-state index contributed by atoms with van der Waals surface area (Å²) in [5, 5.41) is 6.83. The Hall–Kier alpha value is -2.35. The molecule has 0 aromatic carbocycles. The van der Waals surface area contributed by atoms with Crippen LogP contribution in [0.25, 0.3) is 0 Å². The van der Waals surface area contributed by atoms with Crippen molar-refractivity contribution in [3.05, 3.63) is 41.6 Å². The lowest BCUT2D eigenvalue weighted by Gasteiger charge is -2.28. The second kappa shape index (κ2) is 7.69. The summed E-state index contributed by atoms with van der Waals surface area (Å²) in [7, 11) is 0. The molecule has 1 atom stereocenters. The third kappa shape index (κ3) is 4.01. The molecule has 0 saturated carbocycles. The van der Waals surface area contributed by atoms with Crippen LogP contribution >= 0.6 is 0 Å². The molecule has 3 rings (SSSR count). The van der Waals surface area contributed by atoms with Crippen LogP contribution in [-0.2, 0) is 4.74 Å². The first-order valence-electron chi connectivity index (χ1n) is 8.38. The van der Waals surface area contributed by atoms with E-state index in [0.29, 0.717) is 24.9 Å². The highest BCUT2D eigenvalue weighted by molar-refractivity contribution is 5.94. The fourth-order valence-corrected chi connectivity index (χ4v) is 2.82. The Morgan fingerprint density at radius 1 is 1.36 bits per heavy atom. The lowest BCUT2D eigenvalue weighted by atomic mass is 9.91. The molecule has 0 radical (unpaired) electrons. The monoisotopic (exact) mass is 348 g/mol. The number of carbonyl (C=O) groups excluding carboxylic acids is 1. The molecule has 25 heavy (non-hydrogen) atoms. The summed E-state index contributed by atoms with van der Waals surface area (Å²) in [6.45, 7) is 5.13. The number of ether oxygens (including phenoxy) is 1. The predicted molar refractivity (Wildman–Crippen MR) is 86.3 cm³/mol. The van der Waals surface area contributed by atoms with E-state index < -0.39 is 17.8 Å². The molecule has 8 heteroatoms. The lowest BCUT2D eigenvalue weighted by molar-refractivity contribution is 0.0467. The molecule has 2 aromatic rings. The van der Waals surface area contributed by atoms with Crippen molar-refractivity contribution in [2.75, 3.05) is 13.2 Å². The highest BCUT2D eigenvalue weighted by Crippen LogP contribution is 2.30. The van der Waals surface area contributed by atoms with Crippen LogP contribution in [0, 0.1) is 11.7 Å². The molecule has 1 amide bonds. The van der Waals surface area contributed by atoms with Gasteiger partial charge in [-0.15, -0.1) is 0 Å². The molecule has 0 spiro atoms. The molecule has 3 heterocycles. The van der Waals surface area contributed by atoms with E-state index in [1.807, 2.05) is 13.8 Å². The molecule has 1 saturated heterocycles. The van der Waals surface area contributed by atoms with Crippen molar-refractivity contribution in [1.82, 2.24) is 20.4 Å². The van der Waals surface area contributed by atoms with Gasteiger partial charge in [-0.1, -0.05) is 19.0 Å². The van der Waals surface area contributed by atoms with Gasteiger partial charge >= 0.3 is 0 Å². The van der Waals surface area contributed by atoms with E-state index in [9.17, 15) is 9.18 Å². The summed E-state index contributed by atoms with van der Waals surface area (Å²) < 4.78 is 24.6. The minimum atomic E-state index is -0.667. The van der Waals surface area contributed by atoms with Crippen molar-refractivity contribution >= 4 is 5.91 Å². The third-order valence-corrected chi connectivity index (χ3v) is 4.28. The lowest BCUT2D eigenvalue weighted by Crippen LogP contribution is -2.36. The molecule has 1 aliphatic heterocycles. The van der Waals surface area contributed by atoms with Crippen molar-refractivity contribution in [1.29, 1.82) is 0 Å². The van der Waals surface area contributed by atoms with E-state index in [2.05, 4.69) is 20.4 Å². The molecule has 1 aliphatic rings.